The Morgan fingerprint density at radius 2 is 2.16 bits per heavy atom. The van der Waals surface area contributed by atoms with Crippen LogP contribution in [0.4, 0.5) is 20.3 Å². The van der Waals surface area contributed by atoms with E-state index in [0.717, 1.165) is 6.54 Å². The number of pyridine rings is 1. The summed E-state index contributed by atoms with van der Waals surface area (Å²) in [4.78, 5) is 23.2. The maximum absolute atomic E-state index is 13.5. The van der Waals surface area contributed by atoms with Crippen LogP contribution >= 0.6 is 0 Å². The lowest BCUT2D eigenvalue weighted by Gasteiger charge is -2.36. The third kappa shape index (κ3) is 4.33. The highest BCUT2D eigenvalue weighted by atomic mass is 19.3. The van der Waals surface area contributed by atoms with Gasteiger partial charge in [-0.2, -0.15) is 5.10 Å². The minimum Gasteiger partial charge on any atom is -0.444 e. The summed E-state index contributed by atoms with van der Waals surface area (Å²) in [6.45, 7) is 2.30. The van der Waals surface area contributed by atoms with Gasteiger partial charge < -0.3 is 20.0 Å². The number of likely N-dealkylation sites (tertiary alicyclic amines) is 1. The molecule has 3 aromatic rings. The highest BCUT2D eigenvalue weighted by Gasteiger charge is 2.29. The number of hydrogen-bond acceptors (Lipinski definition) is 7. The molecule has 11 heteroatoms. The van der Waals surface area contributed by atoms with Gasteiger partial charge in [0, 0.05) is 37.6 Å². The quantitative estimate of drug-likeness (QED) is 0.550. The molecule has 1 aliphatic heterocycles. The van der Waals surface area contributed by atoms with Crippen LogP contribution in [-0.2, 0) is 0 Å². The largest absolute Gasteiger partial charge is 0.444 e. The second-order valence-corrected chi connectivity index (χ2v) is 8.33. The summed E-state index contributed by atoms with van der Waals surface area (Å²) in [5, 5.41) is 9.75. The van der Waals surface area contributed by atoms with E-state index in [1.807, 2.05) is 7.05 Å². The minimum absolute atomic E-state index is 0.0104. The molecular weight excluding hydrogens is 420 g/mol. The highest BCUT2D eigenvalue weighted by molar-refractivity contribution is 6.03. The molecule has 9 nitrogen and oxygen atoms in total. The molecule has 2 aliphatic rings. The van der Waals surface area contributed by atoms with E-state index in [1.165, 1.54) is 30.0 Å². The fraction of sp³-hybridized carbons (Fsp3) is 0.429. The molecular formula is C21H23F2N7O2. The SMILES string of the molecule is CN1CC(n2cc(NC(=O)c3coc(-c4ccnc(NCC5CC5)c4)n3)c(C(F)F)n2)C1. The smallest absolute Gasteiger partial charge is 0.284 e. The summed E-state index contributed by atoms with van der Waals surface area (Å²) in [6.07, 6.45) is 3.93. The van der Waals surface area contributed by atoms with E-state index in [9.17, 15) is 13.6 Å². The van der Waals surface area contributed by atoms with Gasteiger partial charge in [-0.05, 0) is 37.9 Å². The van der Waals surface area contributed by atoms with Gasteiger partial charge in [-0.15, -0.1) is 0 Å². The maximum Gasteiger partial charge on any atom is 0.284 e. The van der Waals surface area contributed by atoms with Crippen LogP contribution in [0, 0.1) is 5.92 Å². The number of likely N-dealkylation sites (N-methyl/N-ethyl adjacent to an activating group) is 1. The van der Waals surface area contributed by atoms with E-state index in [0.29, 0.717) is 30.4 Å². The van der Waals surface area contributed by atoms with Crippen molar-refractivity contribution < 1.29 is 18.0 Å². The monoisotopic (exact) mass is 443 g/mol. The van der Waals surface area contributed by atoms with E-state index < -0.39 is 18.0 Å². The van der Waals surface area contributed by atoms with Crippen LogP contribution in [0.2, 0.25) is 0 Å². The number of oxazole rings is 1. The fourth-order valence-electron chi connectivity index (χ4n) is 3.61. The molecule has 4 heterocycles. The second-order valence-electron chi connectivity index (χ2n) is 8.33. The Morgan fingerprint density at radius 3 is 2.88 bits per heavy atom. The lowest BCUT2D eigenvalue weighted by atomic mass is 10.1. The van der Waals surface area contributed by atoms with Gasteiger partial charge in [0.15, 0.2) is 11.4 Å². The van der Waals surface area contributed by atoms with Crippen molar-refractivity contribution in [2.45, 2.75) is 25.3 Å². The number of alkyl halides is 2. The molecule has 0 bridgehead atoms. The normalized spacial score (nSPS) is 16.9. The lowest BCUT2D eigenvalue weighted by Crippen LogP contribution is -2.45. The Hall–Kier alpha value is -3.34. The molecule has 3 aromatic heterocycles. The van der Waals surface area contributed by atoms with E-state index in [1.54, 1.807) is 18.3 Å². The van der Waals surface area contributed by atoms with Crippen LogP contribution in [0.1, 0.15) is 41.5 Å². The molecule has 1 saturated carbocycles. The van der Waals surface area contributed by atoms with Gasteiger partial charge in [-0.3, -0.25) is 9.48 Å². The van der Waals surface area contributed by atoms with E-state index in [2.05, 4.69) is 30.6 Å². The number of nitrogens with one attached hydrogen (secondary N) is 2. The molecule has 2 fully saturated rings. The Kier molecular flexibility index (Phi) is 5.33. The average molecular weight is 443 g/mol. The summed E-state index contributed by atoms with van der Waals surface area (Å²) < 4.78 is 33.8. The molecule has 0 atom stereocenters. The number of anilines is 2. The van der Waals surface area contributed by atoms with Crippen molar-refractivity contribution in [3.05, 3.63) is 42.2 Å². The Bertz CT molecular complexity index is 1120. The summed E-state index contributed by atoms with van der Waals surface area (Å²) in [5.41, 5.74) is 0.157. The molecule has 1 amide bonds. The van der Waals surface area contributed by atoms with Crippen molar-refractivity contribution in [3.8, 4) is 11.5 Å². The summed E-state index contributed by atoms with van der Waals surface area (Å²) >= 11 is 0. The lowest BCUT2D eigenvalue weighted by molar-refractivity contribution is 0.102. The van der Waals surface area contributed by atoms with Crippen LogP contribution in [-0.4, -0.2) is 57.2 Å². The second kappa shape index (κ2) is 8.30. The van der Waals surface area contributed by atoms with E-state index >= 15 is 0 Å². The first-order valence-corrected chi connectivity index (χ1v) is 10.5. The first kappa shape index (κ1) is 20.6. The number of carbonyl (C=O) groups excluding carboxylic acids is 1. The van der Waals surface area contributed by atoms with Gasteiger partial charge in [0.2, 0.25) is 5.89 Å². The van der Waals surface area contributed by atoms with Crippen LogP contribution in [0.5, 0.6) is 0 Å². The number of aromatic nitrogens is 4. The van der Waals surface area contributed by atoms with Gasteiger partial charge in [0.1, 0.15) is 12.1 Å². The fourth-order valence-corrected chi connectivity index (χ4v) is 3.61. The minimum atomic E-state index is -2.81. The first-order valence-electron chi connectivity index (χ1n) is 10.5. The zero-order valence-electron chi connectivity index (χ0n) is 17.5. The molecule has 2 N–H and O–H groups in total. The number of hydrogen-bond donors (Lipinski definition) is 2. The number of carbonyl (C=O) groups is 1. The Morgan fingerprint density at radius 1 is 1.34 bits per heavy atom. The molecule has 1 aliphatic carbocycles. The van der Waals surface area contributed by atoms with Gasteiger partial charge in [-0.25, -0.2) is 18.7 Å². The average Bonchev–Trinajstić information content (AvgIpc) is 3.28. The van der Waals surface area contributed by atoms with Crippen molar-refractivity contribution in [2.24, 2.45) is 5.92 Å². The van der Waals surface area contributed by atoms with Crippen molar-refractivity contribution in [2.75, 3.05) is 37.3 Å². The number of nitrogens with zero attached hydrogens (tertiary/aromatic N) is 5. The van der Waals surface area contributed by atoms with E-state index in [-0.39, 0.29) is 23.3 Å². The topological polar surface area (TPSA) is 101 Å². The Labute approximate surface area is 182 Å². The van der Waals surface area contributed by atoms with Crippen LogP contribution in [0.25, 0.3) is 11.5 Å². The maximum atomic E-state index is 13.5. The zero-order chi connectivity index (χ0) is 22.2. The Balaban J connectivity index is 1.29. The van der Waals surface area contributed by atoms with Crippen molar-refractivity contribution in [1.29, 1.82) is 0 Å². The van der Waals surface area contributed by atoms with Crippen LogP contribution in [0.15, 0.2) is 35.2 Å². The van der Waals surface area contributed by atoms with Gasteiger partial charge >= 0.3 is 0 Å². The molecule has 0 aromatic carbocycles. The van der Waals surface area contributed by atoms with Gasteiger partial charge in [-0.1, -0.05) is 0 Å². The van der Waals surface area contributed by atoms with Crippen molar-refractivity contribution in [1.82, 2.24) is 24.6 Å². The van der Waals surface area contributed by atoms with Crippen LogP contribution < -0.4 is 10.6 Å². The third-order valence-corrected chi connectivity index (χ3v) is 5.65. The van der Waals surface area contributed by atoms with Crippen LogP contribution in [0.3, 0.4) is 0 Å². The number of amides is 1. The molecule has 0 unspecified atom stereocenters. The molecule has 1 saturated heterocycles. The predicted octanol–water partition coefficient (Wildman–Crippen LogP) is 3.43. The van der Waals surface area contributed by atoms with Crippen molar-refractivity contribution >= 4 is 17.4 Å². The van der Waals surface area contributed by atoms with Crippen molar-refractivity contribution in [3.63, 3.8) is 0 Å². The highest BCUT2D eigenvalue weighted by Crippen LogP contribution is 2.30. The number of halogens is 2. The summed E-state index contributed by atoms with van der Waals surface area (Å²) in [6, 6.07) is 3.53. The molecule has 5 rings (SSSR count). The number of rotatable bonds is 8. The summed E-state index contributed by atoms with van der Waals surface area (Å²) in [5.74, 6) is 1.00. The first-order chi connectivity index (χ1) is 15.5. The summed E-state index contributed by atoms with van der Waals surface area (Å²) in [7, 11) is 1.94. The zero-order valence-corrected chi connectivity index (χ0v) is 17.5. The molecule has 0 radical (unpaired) electrons. The van der Waals surface area contributed by atoms with E-state index in [4.69, 9.17) is 4.42 Å². The molecule has 0 spiro atoms. The third-order valence-electron chi connectivity index (χ3n) is 5.65. The predicted molar refractivity (Wildman–Crippen MR) is 113 cm³/mol. The molecule has 32 heavy (non-hydrogen) atoms. The van der Waals surface area contributed by atoms with Gasteiger partial charge in [0.25, 0.3) is 12.3 Å². The molecule has 168 valence electrons. The standard InChI is InChI=1S/C21H23F2N7O2/c1-29-8-14(9-29)30-10-15(18(28-30)19(22)23)26-20(31)16-11-32-21(27-16)13-4-5-24-17(6-13)25-7-12-2-3-12/h4-6,10-12,14,19H,2-3,7-9H2,1H3,(H,24,25)(H,26,31). The van der Waals surface area contributed by atoms with Gasteiger partial charge in [0.05, 0.1) is 11.7 Å².